The van der Waals surface area contributed by atoms with Gasteiger partial charge in [-0.05, 0) is 77.5 Å². The molecule has 1 unspecified atom stereocenters. The summed E-state index contributed by atoms with van der Waals surface area (Å²) in [5.74, 6) is -0.311. The topological polar surface area (TPSA) is 58.2 Å². The number of anilines is 2. The molecule has 148 valence electrons. The minimum atomic E-state index is -0.283. The van der Waals surface area contributed by atoms with Crippen molar-refractivity contribution in [2.45, 2.75) is 17.1 Å². The molecule has 7 heteroatoms. The summed E-state index contributed by atoms with van der Waals surface area (Å²) >= 11 is 10.8. The summed E-state index contributed by atoms with van der Waals surface area (Å²) in [6, 6.07) is 21.6. The molecule has 0 aliphatic rings. The highest BCUT2D eigenvalue weighted by Crippen LogP contribution is 2.27. The summed E-state index contributed by atoms with van der Waals surface area (Å²) in [6.45, 7) is 1.85. The van der Waals surface area contributed by atoms with Gasteiger partial charge in [-0.25, -0.2) is 0 Å². The van der Waals surface area contributed by atoms with Crippen LogP contribution in [-0.2, 0) is 4.79 Å². The average molecular weight is 490 g/mol. The molecule has 0 bridgehead atoms. The smallest absolute Gasteiger partial charge is 0.255 e. The second-order valence-electron chi connectivity index (χ2n) is 6.22. The molecule has 0 spiro atoms. The first kappa shape index (κ1) is 21.4. The summed E-state index contributed by atoms with van der Waals surface area (Å²) in [5.41, 5.74) is 1.90. The second kappa shape index (κ2) is 9.96. The van der Waals surface area contributed by atoms with Crippen LogP contribution in [0.15, 0.2) is 82.2 Å². The van der Waals surface area contributed by atoms with Gasteiger partial charge < -0.3 is 10.6 Å². The second-order valence-corrected chi connectivity index (χ2v) is 8.92. The Hall–Kier alpha value is -2.28. The zero-order valence-electron chi connectivity index (χ0n) is 15.5. The quantitative estimate of drug-likeness (QED) is 0.390. The molecule has 1 atom stereocenters. The maximum absolute atomic E-state index is 12.4. The maximum atomic E-state index is 12.4. The third-order valence-corrected chi connectivity index (χ3v) is 6.05. The minimum absolute atomic E-state index is 0.0831. The molecule has 2 amide bonds. The Bertz CT molecular complexity index is 1030. The number of carbonyl (C=O) groups excluding carboxylic acids is 2. The Morgan fingerprint density at radius 1 is 0.966 bits per heavy atom. The van der Waals surface area contributed by atoms with Crippen LogP contribution in [0.3, 0.4) is 0 Å². The summed E-state index contributed by atoms with van der Waals surface area (Å²) in [5, 5.41) is 5.98. The number of hydrogen-bond acceptors (Lipinski definition) is 3. The monoisotopic (exact) mass is 488 g/mol. The fourth-order valence-electron chi connectivity index (χ4n) is 2.50. The Balaban J connectivity index is 1.57. The number of carbonyl (C=O) groups is 2. The average Bonchev–Trinajstić information content (AvgIpc) is 2.71. The van der Waals surface area contributed by atoms with Gasteiger partial charge in [0.15, 0.2) is 0 Å². The molecule has 0 saturated carbocycles. The summed E-state index contributed by atoms with van der Waals surface area (Å²) < 4.78 is 0.838. The molecule has 3 aromatic carbocycles. The molecule has 3 rings (SSSR count). The first-order valence-corrected chi connectivity index (χ1v) is 10.9. The van der Waals surface area contributed by atoms with E-state index in [0.717, 1.165) is 15.1 Å². The summed E-state index contributed by atoms with van der Waals surface area (Å²) in [7, 11) is 0. The zero-order valence-corrected chi connectivity index (χ0v) is 18.6. The molecular weight excluding hydrogens is 472 g/mol. The molecule has 0 aliphatic carbocycles. The van der Waals surface area contributed by atoms with E-state index < -0.39 is 0 Å². The van der Waals surface area contributed by atoms with Crippen LogP contribution in [0.4, 0.5) is 11.4 Å². The molecular formula is C22H18BrClN2O2S. The number of amides is 2. The normalized spacial score (nSPS) is 11.6. The van der Waals surface area contributed by atoms with E-state index in [2.05, 4.69) is 26.6 Å². The van der Waals surface area contributed by atoms with E-state index in [-0.39, 0.29) is 17.1 Å². The van der Waals surface area contributed by atoms with Crippen molar-refractivity contribution in [2.75, 3.05) is 10.6 Å². The van der Waals surface area contributed by atoms with E-state index in [1.807, 2.05) is 55.5 Å². The van der Waals surface area contributed by atoms with Crippen molar-refractivity contribution >= 4 is 62.5 Å². The van der Waals surface area contributed by atoms with E-state index >= 15 is 0 Å². The molecule has 29 heavy (non-hydrogen) atoms. The Morgan fingerprint density at radius 2 is 1.69 bits per heavy atom. The van der Waals surface area contributed by atoms with Gasteiger partial charge in [-0.1, -0.05) is 29.8 Å². The van der Waals surface area contributed by atoms with Crippen LogP contribution in [0.2, 0.25) is 5.02 Å². The van der Waals surface area contributed by atoms with Crippen LogP contribution >= 0.6 is 39.3 Å². The van der Waals surface area contributed by atoms with Crippen molar-refractivity contribution in [2.24, 2.45) is 0 Å². The Labute approximate surface area is 187 Å². The van der Waals surface area contributed by atoms with Gasteiger partial charge >= 0.3 is 0 Å². The van der Waals surface area contributed by atoms with E-state index in [1.54, 1.807) is 24.3 Å². The fraction of sp³-hybridized carbons (Fsp3) is 0.0909. The van der Waals surface area contributed by atoms with E-state index in [4.69, 9.17) is 11.6 Å². The molecule has 3 aromatic rings. The number of halogens is 2. The largest absolute Gasteiger partial charge is 0.324 e. The Morgan fingerprint density at radius 3 is 2.38 bits per heavy atom. The highest BCUT2D eigenvalue weighted by Gasteiger charge is 2.15. The first-order chi connectivity index (χ1) is 13.9. The van der Waals surface area contributed by atoms with Gasteiger partial charge in [0.25, 0.3) is 5.91 Å². The molecule has 0 fully saturated rings. The van der Waals surface area contributed by atoms with Crippen molar-refractivity contribution in [3.8, 4) is 0 Å². The standard InChI is InChI=1S/C22H18BrClN2O2S/c1-14(21(27)26-20-8-3-2-7-19(20)23)29-18-11-9-17(10-12-18)25-22(28)15-5-4-6-16(24)13-15/h2-14H,1H3,(H,25,28)(H,26,27). The number of para-hydroxylation sites is 1. The van der Waals surface area contributed by atoms with Crippen molar-refractivity contribution in [3.63, 3.8) is 0 Å². The van der Waals surface area contributed by atoms with Crippen LogP contribution < -0.4 is 10.6 Å². The lowest BCUT2D eigenvalue weighted by Crippen LogP contribution is -2.22. The van der Waals surface area contributed by atoms with Crippen LogP contribution in [0, 0.1) is 0 Å². The van der Waals surface area contributed by atoms with Gasteiger partial charge in [0.1, 0.15) is 0 Å². The first-order valence-electron chi connectivity index (χ1n) is 8.81. The molecule has 0 aromatic heterocycles. The SMILES string of the molecule is CC(Sc1ccc(NC(=O)c2cccc(Cl)c2)cc1)C(=O)Nc1ccccc1Br. The lowest BCUT2D eigenvalue weighted by molar-refractivity contribution is -0.115. The van der Waals surface area contributed by atoms with Gasteiger partial charge in [-0.15, -0.1) is 11.8 Å². The molecule has 0 radical (unpaired) electrons. The van der Waals surface area contributed by atoms with Gasteiger partial charge in [0, 0.05) is 25.6 Å². The number of hydrogen-bond donors (Lipinski definition) is 2. The van der Waals surface area contributed by atoms with Crippen LogP contribution in [-0.4, -0.2) is 17.1 Å². The lowest BCUT2D eigenvalue weighted by atomic mass is 10.2. The highest BCUT2D eigenvalue weighted by molar-refractivity contribution is 9.10. The predicted molar refractivity (Wildman–Crippen MR) is 124 cm³/mol. The third-order valence-electron chi connectivity index (χ3n) is 4.01. The predicted octanol–water partition coefficient (Wildman–Crippen LogP) is 6.47. The van der Waals surface area contributed by atoms with Crippen LogP contribution in [0.25, 0.3) is 0 Å². The fourth-order valence-corrected chi connectivity index (χ4v) is 3.95. The molecule has 4 nitrogen and oxygen atoms in total. The molecule has 0 heterocycles. The minimum Gasteiger partial charge on any atom is -0.324 e. The molecule has 0 saturated heterocycles. The van der Waals surface area contributed by atoms with E-state index in [9.17, 15) is 9.59 Å². The zero-order chi connectivity index (χ0) is 20.8. The molecule has 0 aliphatic heterocycles. The maximum Gasteiger partial charge on any atom is 0.255 e. The van der Waals surface area contributed by atoms with Crippen molar-refractivity contribution < 1.29 is 9.59 Å². The van der Waals surface area contributed by atoms with E-state index in [0.29, 0.717) is 16.3 Å². The van der Waals surface area contributed by atoms with Gasteiger partial charge in [-0.2, -0.15) is 0 Å². The number of nitrogens with one attached hydrogen (secondary N) is 2. The van der Waals surface area contributed by atoms with Gasteiger partial charge in [-0.3, -0.25) is 9.59 Å². The number of thioether (sulfide) groups is 1. The van der Waals surface area contributed by atoms with Crippen LogP contribution in [0.5, 0.6) is 0 Å². The number of benzene rings is 3. The Kier molecular flexibility index (Phi) is 7.36. The summed E-state index contributed by atoms with van der Waals surface area (Å²) in [6.07, 6.45) is 0. The highest BCUT2D eigenvalue weighted by atomic mass is 79.9. The third kappa shape index (κ3) is 6.10. The van der Waals surface area contributed by atoms with Crippen molar-refractivity contribution in [1.29, 1.82) is 0 Å². The lowest BCUT2D eigenvalue weighted by Gasteiger charge is -2.13. The van der Waals surface area contributed by atoms with Crippen molar-refractivity contribution in [3.05, 3.63) is 87.9 Å². The van der Waals surface area contributed by atoms with E-state index in [1.165, 1.54) is 11.8 Å². The van der Waals surface area contributed by atoms with Gasteiger partial charge in [0.2, 0.25) is 5.91 Å². The molecule has 2 N–H and O–H groups in total. The number of rotatable bonds is 6. The van der Waals surface area contributed by atoms with Crippen LogP contribution in [0.1, 0.15) is 17.3 Å². The summed E-state index contributed by atoms with van der Waals surface area (Å²) in [4.78, 5) is 25.7. The van der Waals surface area contributed by atoms with Crippen molar-refractivity contribution in [1.82, 2.24) is 0 Å². The van der Waals surface area contributed by atoms with Gasteiger partial charge in [0.05, 0.1) is 10.9 Å².